The van der Waals surface area contributed by atoms with Crippen LogP contribution in [0.3, 0.4) is 0 Å². The third-order valence-electron chi connectivity index (χ3n) is 4.47. The van der Waals surface area contributed by atoms with E-state index in [0.717, 1.165) is 20.4 Å². The second-order valence-corrected chi connectivity index (χ2v) is 8.02. The van der Waals surface area contributed by atoms with Crippen LogP contribution in [-0.2, 0) is 20.9 Å². The monoisotopic (exact) mass is 430 g/mol. The zero-order valence-electron chi connectivity index (χ0n) is 16.1. The number of carboxylic acids is 1. The lowest BCUT2D eigenvalue weighted by Gasteiger charge is -2.19. The molecule has 1 N–H and O–H groups in total. The molecular weight excluding hydrogens is 412 g/mol. The molecule has 0 saturated heterocycles. The summed E-state index contributed by atoms with van der Waals surface area (Å²) in [6.07, 6.45) is 0. The predicted molar refractivity (Wildman–Crippen MR) is 114 cm³/mol. The summed E-state index contributed by atoms with van der Waals surface area (Å²) in [6.45, 7) is 4.25. The maximum absolute atomic E-state index is 12.2. The summed E-state index contributed by atoms with van der Waals surface area (Å²) in [4.78, 5) is 38.6. The van der Waals surface area contributed by atoms with Crippen molar-refractivity contribution in [3.63, 3.8) is 0 Å². The molecule has 0 aliphatic rings. The van der Waals surface area contributed by atoms with E-state index in [-0.39, 0.29) is 6.54 Å². The van der Waals surface area contributed by atoms with Gasteiger partial charge in [-0.15, -0.1) is 0 Å². The summed E-state index contributed by atoms with van der Waals surface area (Å²) in [5.41, 5.74) is 1.82. The van der Waals surface area contributed by atoms with Crippen LogP contribution in [0.4, 0.5) is 5.69 Å². The number of hydrogen-bond acceptors (Lipinski definition) is 4. The molecule has 0 unspecified atom stereocenters. The van der Waals surface area contributed by atoms with E-state index in [0.29, 0.717) is 21.6 Å². The van der Waals surface area contributed by atoms with E-state index in [1.165, 1.54) is 25.6 Å². The highest BCUT2D eigenvalue weighted by atomic mass is 35.5. The van der Waals surface area contributed by atoms with Crippen LogP contribution >= 0.6 is 23.4 Å². The molecule has 1 aromatic heterocycles. The smallest absolute Gasteiger partial charge is 0.323 e. The Hall–Kier alpha value is -2.77. The fourth-order valence-corrected chi connectivity index (χ4v) is 4.50. The van der Waals surface area contributed by atoms with E-state index >= 15 is 0 Å². The number of anilines is 1. The number of imide groups is 1. The second-order valence-electron chi connectivity index (χ2n) is 6.50. The average Bonchev–Trinajstić information content (AvgIpc) is 2.89. The molecule has 150 valence electrons. The first kappa shape index (κ1) is 21.0. The molecule has 2 aromatic carbocycles. The van der Waals surface area contributed by atoms with Gasteiger partial charge in [0.2, 0.25) is 11.8 Å². The van der Waals surface area contributed by atoms with E-state index < -0.39 is 17.8 Å². The summed E-state index contributed by atoms with van der Waals surface area (Å²) >= 11 is 7.41. The molecule has 0 spiro atoms. The first-order chi connectivity index (χ1) is 13.7. The normalized spacial score (nSPS) is 10.9. The van der Waals surface area contributed by atoms with Crippen molar-refractivity contribution in [2.75, 3.05) is 4.90 Å². The number of amides is 2. The molecule has 0 saturated carbocycles. The van der Waals surface area contributed by atoms with E-state index in [1.807, 2.05) is 19.1 Å². The lowest BCUT2D eigenvalue weighted by Crippen LogP contribution is -2.33. The van der Waals surface area contributed by atoms with Crippen LogP contribution in [0, 0.1) is 6.92 Å². The topological polar surface area (TPSA) is 79.6 Å². The van der Waals surface area contributed by atoms with Crippen LogP contribution in [0.25, 0.3) is 10.9 Å². The van der Waals surface area contributed by atoms with Gasteiger partial charge in [0.25, 0.3) is 0 Å². The van der Waals surface area contributed by atoms with Gasteiger partial charge in [-0.05, 0) is 43.3 Å². The number of hydrogen-bond donors (Lipinski definition) is 1. The van der Waals surface area contributed by atoms with Gasteiger partial charge in [-0.25, -0.2) is 0 Å². The lowest BCUT2D eigenvalue weighted by atomic mass is 10.2. The minimum Gasteiger partial charge on any atom is -0.480 e. The van der Waals surface area contributed by atoms with E-state index in [1.54, 1.807) is 34.9 Å². The van der Waals surface area contributed by atoms with E-state index in [4.69, 9.17) is 11.6 Å². The molecule has 0 bridgehead atoms. The predicted octanol–water partition coefficient (Wildman–Crippen LogP) is 4.74. The molecule has 2 amide bonds. The molecule has 0 fully saturated rings. The summed E-state index contributed by atoms with van der Waals surface area (Å²) in [7, 11) is 0. The van der Waals surface area contributed by atoms with Crippen molar-refractivity contribution in [2.45, 2.75) is 37.1 Å². The molecule has 0 aliphatic heterocycles. The summed E-state index contributed by atoms with van der Waals surface area (Å²) < 4.78 is 1.68. The Morgan fingerprint density at radius 1 is 1.07 bits per heavy atom. The van der Waals surface area contributed by atoms with Gasteiger partial charge in [-0.3, -0.25) is 19.3 Å². The van der Waals surface area contributed by atoms with Crippen molar-refractivity contribution in [1.82, 2.24) is 4.57 Å². The molecule has 0 radical (unpaired) electrons. The third kappa shape index (κ3) is 4.16. The van der Waals surface area contributed by atoms with Crippen LogP contribution in [0.5, 0.6) is 0 Å². The minimum atomic E-state index is -0.978. The number of carbonyl (C=O) groups is 3. The molecule has 3 aromatic rings. The van der Waals surface area contributed by atoms with Crippen LogP contribution in [-0.4, -0.2) is 27.5 Å². The summed E-state index contributed by atoms with van der Waals surface area (Å²) in [5, 5.41) is 10.6. The van der Waals surface area contributed by atoms with Crippen LogP contribution < -0.4 is 4.90 Å². The first-order valence-electron chi connectivity index (χ1n) is 8.79. The molecule has 1 heterocycles. The van der Waals surface area contributed by atoms with Crippen molar-refractivity contribution in [3.8, 4) is 0 Å². The zero-order valence-corrected chi connectivity index (χ0v) is 17.7. The van der Waals surface area contributed by atoms with Crippen LogP contribution in [0.1, 0.15) is 19.5 Å². The van der Waals surface area contributed by atoms with Gasteiger partial charge in [-0.2, -0.15) is 0 Å². The van der Waals surface area contributed by atoms with Gasteiger partial charge >= 0.3 is 5.97 Å². The van der Waals surface area contributed by atoms with Gasteiger partial charge in [0.05, 0.1) is 11.2 Å². The fraction of sp³-hybridized carbons (Fsp3) is 0.190. The van der Waals surface area contributed by atoms with Gasteiger partial charge in [-0.1, -0.05) is 29.4 Å². The van der Waals surface area contributed by atoms with Gasteiger partial charge in [0.15, 0.2) is 0 Å². The van der Waals surface area contributed by atoms with E-state index in [2.05, 4.69) is 0 Å². The number of halogens is 1. The van der Waals surface area contributed by atoms with Crippen molar-refractivity contribution >= 4 is 57.7 Å². The summed E-state index contributed by atoms with van der Waals surface area (Å²) in [5.74, 6) is -1.79. The number of aromatic nitrogens is 1. The Kier molecular flexibility index (Phi) is 6.00. The molecule has 6 nitrogen and oxygen atoms in total. The third-order valence-corrected chi connectivity index (χ3v) is 5.93. The highest BCUT2D eigenvalue weighted by Gasteiger charge is 2.25. The van der Waals surface area contributed by atoms with E-state index in [9.17, 15) is 19.5 Å². The number of nitrogens with zero attached hydrogens (tertiary/aromatic N) is 2. The maximum atomic E-state index is 12.2. The van der Waals surface area contributed by atoms with Crippen molar-refractivity contribution in [2.24, 2.45) is 0 Å². The standard InChI is InChI=1S/C21H19ClN2O4S/c1-12-21(29-16-9-7-15(22)8-10-16)20-17(23(12)11-19(27)28)5-4-6-18(20)24(13(2)25)14(3)26/h4-10H,11H2,1-3H3,(H,27,28). The van der Waals surface area contributed by atoms with Crippen LogP contribution in [0.15, 0.2) is 52.3 Å². The number of fused-ring (bicyclic) bond motifs is 1. The first-order valence-corrected chi connectivity index (χ1v) is 9.98. The Balaban J connectivity index is 2.31. The van der Waals surface area contributed by atoms with Crippen molar-refractivity contribution in [1.29, 1.82) is 0 Å². The number of rotatable bonds is 5. The van der Waals surface area contributed by atoms with Crippen molar-refractivity contribution in [3.05, 3.63) is 53.2 Å². The largest absolute Gasteiger partial charge is 0.480 e. The Morgan fingerprint density at radius 2 is 1.69 bits per heavy atom. The van der Waals surface area contributed by atoms with Gasteiger partial charge in [0, 0.05) is 39.7 Å². The molecule has 0 atom stereocenters. The number of carboxylic acid groups (broad SMARTS) is 1. The maximum Gasteiger partial charge on any atom is 0.323 e. The highest BCUT2D eigenvalue weighted by Crippen LogP contribution is 2.43. The minimum absolute atomic E-state index is 0.229. The molecule has 3 rings (SSSR count). The second kappa shape index (κ2) is 8.31. The molecule has 29 heavy (non-hydrogen) atoms. The molecule has 0 aliphatic carbocycles. The molecule has 8 heteroatoms. The average molecular weight is 431 g/mol. The van der Waals surface area contributed by atoms with Crippen molar-refractivity contribution < 1.29 is 19.5 Å². The quantitative estimate of drug-likeness (QED) is 0.632. The Labute approximate surface area is 177 Å². The Bertz CT molecular complexity index is 1110. The number of benzene rings is 2. The molecular formula is C21H19ClN2O4S. The van der Waals surface area contributed by atoms with Gasteiger partial charge < -0.3 is 9.67 Å². The zero-order chi connectivity index (χ0) is 21.3. The Morgan fingerprint density at radius 3 is 2.24 bits per heavy atom. The fourth-order valence-electron chi connectivity index (χ4n) is 3.30. The number of carbonyl (C=O) groups excluding carboxylic acids is 2. The SMILES string of the molecule is CC(=O)N(C(C)=O)c1cccc2c1c(Sc1ccc(Cl)cc1)c(C)n2CC(=O)O. The highest BCUT2D eigenvalue weighted by molar-refractivity contribution is 7.99. The number of aliphatic carboxylic acids is 1. The van der Waals surface area contributed by atoms with Gasteiger partial charge in [0.1, 0.15) is 6.54 Å². The lowest BCUT2D eigenvalue weighted by molar-refractivity contribution is -0.137. The summed E-state index contributed by atoms with van der Waals surface area (Å²) in [6, 6.07) is 12.5. The van der Waals surface area contributed by atoms with Crippen LogP contribution in [0.2, 0.25) is 5.02 Å².